The van der Waals surface area contributed by atoms with Crippen LogP contribution in [0.4, 0.5) is 0 Å². The molecule has 1 aromatic rings. The SMILES string of the molecule is CCNC(c1ccc(OC)cc1OC)C1CSCCO1. The molecule has 0 saturated carbocycles. The van der Waals surface area contributed by atoms with Gasteiger partial charge in [0.15, 0.2) is 0 Å². The van der Waals surface area contributed by atoms with Crippen LogP contribution >= 0.6 is 11.8 Å². The van der Waals surface area contributed by atoms with Gasteiger partial charge in [0, 0.05) is 23.1 Å². The van der Waals surface area contributed by atoms with Crippen molar-refractivity contribution in [1.29, 1.82) is 0 Å². The molecule has 112 valence electrons. The molecule has 1 saturated heterocycles. The van der Waals surface area contributed by atoms with Crippen molar-refractivity contribution in [2.24, 2.45) is 0 Å². The first-order valence-electron chi connectivity index (χ1n) is 6.94. The fourth-order valence-corrected chi connectivity index (χ4v) is 3.34. The highest BCUT2D eigenvalue weighted by Crippen LogP contribution is 2.34. The first kappa shape index (κ1) is 15.5. The lowest BCUT2D eigenvalue weighted by atomic mass is 10.0. The molecule has 0 amide bonds. The van der Waals surface area contributed by atoms with E-state index in [9.17, 15) is 0 Å². The lowest BCUT2D eigenvalue weighted by Crippen LogP contribution is -2.38. The van der Waals surface area contributed by atoms with Crippen LogP contribution in [0.25, 0.3) is 0 Å². The van der Waals surface area contributed by atoms with Crippen molar-refractivity contribution in [3.8, 4) is 11.5 Å². The largest absolute Gasteiger partial charge is 0.497 e. The molecule has 0 aliphatic carbocycles. The van der Waals surface area contributed by atoms with Gasteiger partial charge in [0.25, 0.3) is 0 Å². The molecule has 2 unspecified atom stereocenters. The van der Waals surface area contributed by atoms with Crippen molar-refractivity contribution in [1.82, 2.24) is 5.32 Å². The van der Waals surface area contributed by atoms with Gasteiger partial charge < -0.3 is 19.5 Å². The minimum atomic E-state index is 0.147. The monoisotopic (exact) mass is 297 g/mol. The van der Waals surface area contributed by atoms with Gasteiger partial charge in [0.1, 0.15) is 11.5 Å². The standard InChI is InChI=1S/C15H23NO3S/c1-4-16-15(14-10-20-8-7-19-14)12-6-5-11(17-2)9-13(12)18-3/h5-6,9,14-16H,4,7-8,10H2,1-3H3. The fraction of sp³-hybridized carbons (Fsp3) is 0.600. The summed E-state index contributed by atoms with van der Waals surface area (Å²) in [6, 6.07) is 6.11. The van der Waals surface area contributed by atoms with Crippen molar-refractivity contribution in [2.45, 2.75) is 19.1 Å². The van der Waals surface area contributed by atoms with E-state index in [1.807, 2.05) is 23.9 Å². The quantitative estimate of drug-likeness (QED) is 0.873. The number of benzene rings is 1. The van der Waals surface area contributed by atoms with E-state index in [4.69, 9.17) is 14.2 Å². The van der Waals surface area contributed by atoms with Crippen molar-refractivity contribution in [2.75, 3.05) is 38.9 Å². The molecule has 0 spiro atoms. The van der Waals surface area contributed by atoms with Crippen LogP contribution < -0.4 is 14.8 Å². The van der Waals surface area contributed by atoms with Gasteiger partial charge in [-0.05, 0) is 18.7 Å². The Hall–Kier alpha value is -0.910. The zero-order valence-corrected chi connectivity index (χ0v) is 13.2. The summed E-state index contributed by atoms with van der Waals surface area (Å²) in [7, 11) is 3.36. The topological polar surface area (TPSA) is 39.7 Å². The van der Waals surface area contributed by atoms with Crippen molar-refractivity contribution in [3.63, 3.8) is 0 Å². The molecular formula is C15H23NO3S. The zero-order valence-electron chi connectivity index (χ0n) is 12.3. The summed E-state index contributed by atoms with van der Waals surface area (Å²) in [5.74, 6) is 3.73. The molecule has 1 fully saturated rings. The van der Waals surface area contributed by atoms with E-state index < -0.39 is 0 Å². The predicted octanol–water partition coefficient (Wildman–Crippen LogP) is 2.49. The first-order valence-corrected chi connectivity index (χ1v) is 8.10. The van der Waals surface area contributed by atoms with Crippen LogP contribution in [0.5, 0.6) is 11.5 Å². The van der Waals surface area contributed by atoms with Gasteiger partial charge in [-0.2, -0.15) is 11.8 Å². The Morgan fingerprint density at radius 3 is 2.85 bits per heavy atom. The molecule has 0 aromatic heterocycles. The van der Waals surface area contributed by atoms with Gasteiger partial charge >= 0.3 is 0 Å². The Morgan fingerprint density at radius 2 is 2.25 bits per heavy atom. The van der Waals surface area contributed by atoms with E-state index >= 15 is 0 Å². The lowest BCUT2D eigenvalue weighted by Gasteiger charge is -2.32. The van der Waals surface area contributed by atoms with Crippen LogP contribution in [0.1, 0.15) is 18.5 Å². The maximum atomic E-state index is 5.93. The maximum Gasteiger partial charge on any atom is 0.127 e. The van der Waals surface area contributed by atoms with Gasteiger partial charge in [-0.3, -0.25) is 0 Å². The van der Waals surface area contributed by atoms with Crippen molar-refractivity contribution in [3.05, 3.63) is 23.8 Å². The molecule has 0 radical (unpaired) electrons. The fourth-order valence-electron chi connectivity index (χ4n) is 2.44. The molecule has 2 atom stereocenters. The van der Waals surface area contributed by atoms with E-state index in [0.717, 1.165) is 41.7 Å². The van der Waals surface area contributed by atoms with Gasteiger partial charge in [-0.15, -0.1) is 0 Å². The molecule has 0 bridgehead atoms. The molecule has 20 heavy (non-hydrogen) atoms. The van der Waals surface area contributed by atoms with Crippen LogP contribution in [0, 0.1) is 0 Å². The summed E-state index contributed by atoms with van der Waals surface area (Å²) < 4.78 is 16.7. The second-order valence-corrected chi connectivity index (χ2v) is 5.78. The highest BCUT2D eigenvalue weighted by molar-refractivity contribution is 7.99. The maximum absolute atomic E-state index is 5.93. The van der Waals surface area contributed by atoms with Gasteiger partial charge in [-0.25, -0.2) is 0 Å². The van der Waals surface area contributed by atoms with E-state index in [0.29, 0.717) is 0 Å². The number of ether oxygens (including phenoxy) is 3. The number of hydrogen-bond donors (Lipinski definition) is 1. The van der Waals surface area contributed by atoms with Crippen molar-refractivity contribution < 1.29 is 14.2 Å². The molecule has 1 N–H and O–H groups in total. The first-order chi connectivity index (χ1) is 9.80. The molecule has 4 nitrogen and oxygen atoms in total. The Kier molecular flexibility index (Phi) is 6.01. The molecule has 1 aromatic carbocycles. The number of hydrogen-bond acceptors (Lipinski definition) is 5. The summed E-state index contributed by atoms with van der Waals surface area (Å²) >= 11 is 1.94. The predicted molar refractivity (Wildman–Crippen MR) is 83.0 cm³/mol. The summed E-state index contributed by atoms with van der Waals surface area (Å²) in [4.78, 5) is 0. The minimum absolute atomic E-state index is 0.147. The zero-order chi connectivity index (χ0) is 14.4. The second-order valence-electron chi connectivity index (χ2n) is 4.63. The normalized spacial score (nSPS) is 20.4. The number of likely N-dealkylation sites (N-methyl/N-ethyl adjacent to an activating group) is 1. The summed E-state index contributed by atoms with van der Waals surface area (Å²) in [6.45, 7) is 3.82. The molecule has 1 aliphatic heterocycles. The molecule has 1 heterocycles. The van der Waals surface area contributed by atoms with E-state index in [-0.39, 0.29) is 12.1 Å². The molecular weight excluding hydrogens is 274 g/mol. The van der Waals surface area contributed by atoms with Gasteiger partial charge in [-0.1, -0.05) is 6.92 Å². The third-order valence-corrected chi connectivity index (χ3v) is 4.43. The van der Waals surface area contributed by atoms with E-state index in [1.165, 1.54) is 0 Å². The van der Waals surface area contributed by atoms with Crippen LogP contribution in [0.15, 0.2) is 18.2 Å². The van der Waals surface area contributed by atoms with Crippen LogP contribution in [-0.2, 0) is 4.74 Å². The highest BCUT2D eigenvalue weighted by Gasteiger charge is 2.28. The molecule has 5 heteroatoms. The van der Waals surface area contributed by atoms with Crippen molar-refractivity contribution >= 4 is 11.8 Å². The smallest absolute Gasteiger partial charge is 0.127 e. The Bertz CT molecular complexity index is 422. The second kappa shape index (κ2) is 7.76. The Morgan fingerprint density at radius 1 is 1.40 bits per heavy atom. The number of methoxy groups -OCH3 is 2. The van der Waals surface area contributed by atoms with Gasteiger partial charge in [0.05, 0.1) is 33.0 Å². The summed E-state index contributed by atoms with van der Waals surface area (Å²) in [5.41, 5.74) is 1.13. The van der Waals surface area contributed by atoms with E-state index in [2.05, 4.69) is 18.3 Å². The van der Waals surface area contributed by atoms with E-state index in [1.54, 1.807) is 14.2 Å². The van der Waals surface area contributed by atoms with Crippen LogP contribution in [0.2, 0.25) is 0 Å². The Labute approximate surface area is 125 Å². The highest BCUT2D eigenvalue weighted by atomic mass is 32.2. The summed E-state index contributed by atoms with van der Waals surface area (Å²) in [6.07, 6.45) is 0.177. The molecule has 1 aliphatic rings. The van der Waals surface area contributed by atoms with Gasteiger partial charge in [0.2, 0.25) is 0 Å². The average Bonchev–Trinajstić information content (AvgIpc) is 2.53. The third kappa shape index (κ3) is 3.59. The third-order valence-electron chi connectivity index (χ3n) is 3.41. The summed E-state index contributed by atoms with van der Waals surface area (Å²) in [5, 5.41) is 3.52. The van der Waals surface area contributed by atoms with Crippen LogP contribution in [-0.4, -0.2) is 45.0 Å². The molecule has 2 rings (SSSR count). The Balaban J connectivity index is 2.27. The lowest BCUT2D eigenvalue weighted by molar-refractivity contribution is 0.0465. The average molecular weight is 297 g/mol. The number of nitrogens with one attached hydrogen (secondary N) is 1. The number of thioether (sulfide) groups is 1. The number of rotatable bonds is 6. The minimum Gasteiger partial charge on any atom is -0.497 e. The van der Waals surface area contributed by atoms with Crippen LogP contribution in [0.3, 0.4) is 0 Å².